The van der Waals surface area contributed by atoms with E-state index in [4.69, 9.17) is 4.74 Å². The summed E-state index contributed by atoms with van der Waals surface area (Å²) in [6.07, 6.45) is 0. The number of carbonyl (C=O) groups excluding carboxylic acids is 1. The van der Waals surface area contributed by atoms with Crippen molar-refractivity contribution >= 4 is 27.3 Å². The van der Waals surface area contributed by atoms with E-state index < -0.39 is 10.0 Å². The summed E-state index contributed by atoms with van der Waals surface area (Å²) in [7, 11) is -3.45. The van der Waals surface area contributed by atoms with Crippen LogP contribution in [0.25, 0.3) is 0 Å². The Morgan fingerprint density at radius 2 is 1.88 bits per heavy atom. The average Bonchev–Trinajstić information content (AvgIpc) is 3.18. The van der Waals surface area contributed by atoms with Crippen LogP contribution in [0.3, 0.4) is 0 Å². The number of nitrogens with zero attached hydrogens (tertiary/aromatic N) is 2. The molecule has 2 aromatic rings. The summed E-state index contributed by atoms with van der Waals surface area (Å²) in [5, 5.41) is 1.75. The molecule has 1 amide bonds. The number of carbonyl (C=O) groups is 1. The van der Waals surface area contributed by atoms with Crippen LogP contribution < -0.4 is 4.74 Å². The van der Waals surface area contributed by atoms with Crippen molar-refractivity contribution < 1.29 is 17.9 Å². The number of rotatable bonds is 5. The zero-order valence-corrected chi connectivity index (χ0v) is 16.5. The number of hydrogen-bond acceptors (Lipinski definition) is 5. The summed E-state index contributed by atoms with van der Waals surface area (Å²) in [5.41, 5.74) is 2.06. The second-order valence-corrected chi connectivity index (χ2v) is 9.39. The third-order valence-electron chi connectivity index (χ3n) is 4.38. The minimum Gasteiger partial charge on any atom is -0.483 e. The molecule has 3 rings (SSSR count). The van der Waals surface area contributed by atoms with Crippen molar-refractivity contribution in [1.29, 1.82) is 0 Å². The Morgan fingerprint density at radius 3 is 2.54 bits per heavy atom. The Morgan fingerprint density at radius 1 is 1.15 bits per heavy atom. The summed E-state index contributed by atoms with van der Waals surface area (Å²) in [5.74, 6) is 0.580. The van der Waals surface area contributed by atoms with Gasteiger partial charge >= 0.3 is 0 Å². The van der Waals surface area contributed by atoms with Gasteiger partial charge in [0.15, 0.2) is 6.61 Å². The lowest BCUT2D eigenvalue weighted by Crippen LogP contribution is -2.51. The topological polar surface area (TPSA) is 66.9 Å². The summed E-state index contributed by atoms with van der Waals surface area (Å²) in [6.45, 7) is 5.22. The molecule has 0 unspecified atom stereocenters. The number of amides is 1. The first kappa shape index (κ1) is 18.9. The van der Waals surface area contributed by atoms with E-state index in [1.807, 2.05) is 32.0 Å². The molecule has 26 heavy (non-hydrogen) atoms. The normalized spacial score (nSPS) is 15.8. The molecule has 1 aliphatic heterocycles. The van der Waals surface area contributed by atoms with Gasteiger partial charge in [-0.3, -0.25) is 4.79 Å². The van der Waals surface area contributed by atoms with Gasteiger partial charge < -0.3 is 9.64 Å². The van der Waals surface area contributed by atoms with Crippen LogP contribution in [0.2, 0.25) is 0 Å². The lowest BCUT2D eigenvalue weighted by molar-refractivity contribution is -0.134. The highest BCUT2D eigenvalue weighted by atomic mass is 32.2. The van der Waals surface area contributed by atoms with Crippen molar-refractivity contribution in [1.82, 2.24) is 9.21 Å². The van der Waals surface area contributed by atoms with Crippen molar-refractivity contribution in [2.24, 2.45) is 0 Å². The van der Waals surface area contributed by atoms with Crippen LogP contribution in [0.1, 0.15) is 11.1 Å². The summed E-state index contributed by atoms with van der Waals surface area (Å²) in [4.78, 5) is 14.0. The standard InChI is InChI=1S/C18H22N2O4S2/c1-14-5-6-15(2)16(12-14)24-13-17(21)19-7-9-20(10-8-19)26(22,23)18-4-3-11-25-18/h3-6,11-12H,7-10,13H2,1-2H3. The van der Waals surface area contributed by atoms with Crippen LogP contribution in [0.4, 0.5) is 0 Å². The third-order valence-corrected chi connectivity index (χ3v) is 7.65. The van der Waals surface area contributed by atoms with Crippen molar-refractivity contribution in [3.05, 3.63) is 46.8 Å². The molecule has 0 N–H and O–H groups in total. The van der Waals surface area contributed by atoms with Crippen LogP contribution in [0, 0.1) is 13.8 Å². The van der Waals surface area contributed by atoms with Gasteiger partial charge in [0.1, 0.15) is 9.96 Å². The van der Waals surface area contributed by atoms with Gasteiger partial charge in [-0.05, 0) is 42.5 Å². The Bertz CT molecular complexity index is 871. The highest BCUT2D eigenvalue weighted by molar-refractivity contribution is 7.91. The molecule has 0 saturated carbocycles. The van der Waals surface area contributed by atoms with E-state index in [0.717, 1.165) is 11.1 Å². The minimum atomic E-state index is -3.45. The molecule has 1 saturated heterocycles. The van der Waals surface area contributed by atoms with Crippen LogP contribution >= 0.6 is 11.3 Å². The molecule has 0 aliphatic carbocycles. The number of sulfonamides is 1. The molecular formula is C18H22N2O4S2. The van der Waals surface area contributed by atoms with Gasteiger partial charge in [0, 0.05) is 26.2 Å². The van der Waals surface area contributed by atoms with Crippen molar-refractivity contribution in [2.75, 3.05) is 32.8 Å². The summed E-state index contributed by atoms with van der Waals surface area (Å²) < 4.78 is 32.5. The fourth-order valence-corrected chi connectivity index (χ4v) is 5.38. The second kappa shape index (κ2) is 7.77. The Kier molecular flexibility index (Phi) is 5.64. The lowest BCUT2D eigenvalue weighted by Gasteiger charge is -2.33. The Hall–Kier alpha value is -1.90. The first-order chi connectivity index (χ1) is 12.4. The number of thiophene rings is 1. The largest absolute Gasteiger partial charge is 0.483 e. The van der Waals surface area contributed by atoms with E-state index in [9.17, 15) is 13.2 Å². The molecule has 1 aliphatic rings. The molecule has 0 atom stereocenters. The smallest absolute Gasteiger partial charge is 0.260 e. The van der Waals surface area contributed by atoms with E-state index in [1.165, 1.54) is 15.6 Å². The summed E-state index contributed by atoms with van der Waals surface area (Å²) in [6, 6.07) is 9.20. The van der Waals surface area contributed by atoms with Crippen LogP contribution in [-0.2, 0) is 14.8 Å². The molecule has 0 bridgehead atoms. The molecule has 140 valence electrons. The molecule has 8 heteroatoms. The Balaban J connectivity index is 1.55. The van der Waals surface area contributed by atoms with Crippen LogP contribution in [0.15, 0.2) is 39.9 Å². The molecular weight excluding hydrogens is 372 g/mol. The zero-order valence-electron chi connectivity index (χ0n) is 14.8. The fourth-order valence-electron chi connectivity index (χ4n) is 2.81. The highest BCUT2D eigenvalue weighted by Gasteiger charge is 2.30. The maximum absolute atomic E-state index is 12.5. The summed E-state index contributed by atoms with van der Waals surface area (Å²) >= 11 is 1.21. The maximum Gasteiger partial charge on any atom is 0.260 e. The van der Waals surface area contributed by atoms with Crippen molar-refractivity contribution in [3.8, 4) is 5.75 Å². The van der Waals surface area contributed by atoms with Crippen LogP contribution in [-0.4, -0.2) is 56.3 Å². The van der Waals surface area contributed by atoms with Crippen LogP contribution in [0.5, 0.6) is 5.75 Å². The molecule has 1 aromatic heterocycles. The van der Waals surface area contributed by atoms with Gasteiger partial charge in [0.05, 0.1) is 0 Å². The van der Waals surface area contributed by atoms with Gasteiger partial charge in [0.25, 0.3) is 15.9 Å². The molecule has 0 radical (unpaired) electrons. The monoisotopic (exact) mass is 394 g/mol. The number of piperazine rings is 1. The number of ether oxygens (including phenoxy) is 1. The lowest BCUT2D eigenvalue weighted by atomic mass is 10.1. The molecule has 1 aromatic carbocycles. The Labute approximate surface area is 158 Å². The molecule has 6 nitrogen and oxygen atoms in total. The van der Waals surface area contributed by atoms with E-state index in [2.05, 4.69) is 0 Å². The van der Waals surface area contributed by atoms with Gasteiger partial charge in [-0.15, -0.1) is 11.3 Å². The first-order valence-electron chi connectivity index (χ1n) is 8.39. The molecule has 0 spiro atoms. The molecule has 1 fully saturated rings. The number of aryl methyl sites for hydroxylation is 2. The molecule has 2 heterocycles. The SMILES string of the molecule is Cc1ccc(C)c(OCC(=O)N2CCN(S(=O)(=O)c3cccs3)CC2)c1. The third kappa shape index (κ3) is 4.08. The average molecular weight is 395 g/mol. The highest BCUT2D eigenvalue weighted by Crippen LogP contribution is 2.22. The van der Waals surface area contributed by atoms with E-state index >= 15 is 0 Å². The van der Waals surface area contributed by atoms with Crippen molar-refractivity contribution in [2.45, 2.75) is 18.1 Å². The maximum atomic E-state index is 12.5. The fraction of sp³-hybridized carbons (Fsp3) is 0.389. The number of hydrogen-bond donors (Lipinski definition) is 0. The predicted molar refractivity (Wildman–Crippen MR) is 101 cm³/mol. The van der Waals surface area contributed by atoms with Gasteiger partial charge in [0.2, 0.25) is 0 Å². The van der Waals surface area contributed by atoms with Crippen molar-refractivity contribution in [3.63, 3.8) is 0 Å². The first-order valence-corrected chi connectivity index (χ1v) is 10.7. The van der Waals surface area contributed by atoms with E-state index in [0.29, 0.717) is 36.1 Å². The quantitative estimate of drug-likeness (QED) is 0.780. The second-order valence-electron chi connectivity index (χ2n) is 6.27. The predicted octanol–water partition coefficient (Wildman–Crippen LogP) is 2.28. The number of benzene rings is 1. The van der Waals surface area contributed by atoms with E-state index in [1.54, 1.807) is 22.4 Å². The minimum absolute atomic E-state index is 0.0397. The van der Waals surface area contributed by atoms with Gasteiger partial charge in [-0.25, -0.2) is 8.42 Å². The van der Waals surface area contributed by atoms with Gasteiger partial charge in [-0.1, -0.05) is 18.2 Å². The zero-order chi connectivity index (χ0) is 18.7. The van der Waals surface area contributed by atoms with Gasteiger partial charge in [-0.2, -0.15) is 4.31 Å². The van der Waals surface area contributed by atoms with E-state index in [-0.39, 0.29) is 12.5 Å².